The number of imide groups is 1. The highest BCUT2D eigenvalue weighted by molar-refractivity contribution is 9.10. The molecule has 1 heterocycles. The van der Waals surface area contributed by atoms with Crippen LogP contribution in [0.1, 0.15) is 38.3 Å². The van der Waals surface area contributed by atoms with Gasteiger partial charge in [0, 0.05) is 17.1 Å². The summed E-state index contributed by atoms with van der Waals surface area (Å²) in [5.41, 5.74) is 1.09. The van der Waals surface area contributed by atoms with Gasteiger partial charge in [-0.05, 0) is 31.0 Å². The number of nitrogens with one attached hydrogen (secondary N) is 1. The fourth-order valence-corrected chi connectivity index (χ4v) is 2.86. The molecule has 0 aliphatic carbocycles. The van der Waals surface area contributed by atoms with Crippen LogP contribution in [0.25, 0.3) is 0 Å². The van der Waals surface area contributed by atoms with Crippen molar-refractivity contribution in [1.82, 2.24) is 10.2 Å². The van der Waals surface area contributed by atoms with Crippen LogP contribution in [0.4, 0.5) is 0 Å². The van der Waals surface area contributed by atoms with Crippen LogP contribution < -0.4 is 5.32 Å². The first kappa shape index (κ1) is 15.2. The largest absolute Gasteiger partial charge is 0.299 e. The number of hydrogen-bond donors (Lipinski definition) is 1. The summed E-state index contributed by atoms with van der Waals surface area (Å²) in [6.45, 7) is 4.48. The number of carbonyl (C=O) groups is 2. The van der Waals surface area contributed by atoms with Gasteiger partial charge >= 0.3 is 0 Å². The molecule has 2 unspecified atom stereocenters. The molecule has 1 N–H and O–H groups in total. The molecule has 4 nitrogen and oxygen atoms in total. The third kappa shape index (κ3) is 3.27. The number of carbonyl (C=O) groups excluding carboxylic acids is 2. The molecular weight excluding hydrogens is 320 g/mol. The van der Waals surface area contributed by atoms with Crippen molar-refractivity contribution in [2.45, 2.75) is 38.8 Å². The van der Waals surface area contributed by atoms with Crippen LogP contribution in [0.15, 0.2) is 28.7 Å². The van der Waals surface area contributed by atoms with Crippen LogP contribution >= 0.6 is 15.9 Å². The number of benzene rings is 1. The Morgan fingerprint density at radius 2 is 2.20 bits per heavy atom. The maximum atomic E-state index is 12.2. The average molecular weight is 339 g/mol. The van der Waals surface area contributed by atoms with Gasteiger partial charge < -0.3 is 0 Å². The molecule has 5 heteroatoms. The topological polar surface area (TPSA) is 49.4 Å². The summed E-state index contributed by atoms with van der Waals surface area (Å²) in [7, 11) is 0. The van der Waals surface area contributed by atoms with E-state index in [0.717, 1.165) is 16.5 Å². The number of hydrogen-bond acceptors (Lipinski definition) is 3. The monoisotopic (exact) mass is 338 g/mol. The van der Waals surface area contributed by atoms with Crippen molar-refractivity contribution in [2.24, 2.45) is 0 Å². The van der Waals surface area contributed by atoms with Crippen LogP contribution in [-0.2, 0) is 9.59 Å². The molecule has 2 amide bonds. The molecule has 20 heavy (non-hydrogen) atoms. The molecule has 0 saturated carbocycles. The lowest BCUT2D eigenvalue weighted by Crippen LogP contribution is -2.40. The van der Waals surface area contributed by atoms with E-state index < -0.39 is 6.04 Å². The molecule has 108 valence electrons. The molecule has 0 radical (unpaired) electrons. The summed E-state index contributed by atoms with van der Waals surface area (Å²) >= 11 is 3.44. The van der Waals surface area contributed by atoms with Crippen molar-refractivity contribution in [3.63, 3.8) is 0 Å². The zero-order valence-electron chi connectivity index (χ0n) is 11.7. The fourth-order valence-electron chi connectivity index (χ4n) is 2.45. The Balaban J connectivity index is 2.03. The Morgan fingerprint density at radius 3 is 2.85 bits per heavy atom. The number of amides is 2. The second kappa shape index (κ2) is 6.50. The van der Waals surface area contributed by atoms with Gasteiger partial charge in [0.2, 0.25) is 11.8 Å². The molecule has 1 aromatic rings. The summed E-state index contributed by atoms with van der Waals surface area (Å²) < 4.78 is 1.00. The molecule has 1 saturated heterocycles. The Bertz CT molecular complexity index is 518. The molecule has 1 fully saturated rings. The van der Waals surface area contributed by atoms with Gasteiger partial charge in [0.25, 0.3) is 0 Å². The zero-order chi connectivity index (χ0) is 14.7. The lowest BCUT2D eigenvalue weighted by atomic mass is 10.1. The molecule has 1 aromatic carbocycles. The lowest BCUT2D eigenvalue weighted by Gasteiger charge is -2.19. The lowest BCUT2D eigenvalue weighted by molar-refractivity contribution is -0.138. The molecule has 2 atom stereocenters. The Labute approximate surface area is 127 Å². The highest BCUT2D eigenvalue weighted by Crippen LogP contribution is 2.21. The van der Waals surface area contributed by atoms with E-state index in [4.69, 9.17) is 0 Å². The van der Waals surface area contributed by atoms with Crippen molar-refractivity contribution < 1.29 is 9.59 Å². The minimum Gasteiger partial charge on any atom is -0.299 e. The number of rotatable bonds is 5. The standard InChI is InChI=1S/C15H19BrN2O2/c1-3-7-18-14(19)9-13(15(18)20)17-10(2)11-5-4-6-12(16)8-11/h4-6,8,10,13,17H,3,7,9H2,1-2H3. The Morgan fingerprint density at radius 1 is 1.45 bits per heavy atom. The second-order valence-corrected chi connectivity index (χ2v) is 6.00. The van der Waals surface area contributed by atoms with Crippen molar-refractivity contribution >= 4 is 27.7 Å². The summed E-state index contributed by atoms with van der Waals surface area (Å²) in [4.78, 5) is 25.4. The quantitative estimate of drug-likeness (QED) is 0.839. The van der Waals surface area contributed by atoms with E-state index in [1.54, 1.807) is 0 Å². The maximum absolute atomic E-state index is 12.2. The van der Waals surface area contributed by atoms with Gasteiger partial charge in [-0.25, -0.2) is 0 Å². The number of nitrogens with zero attached hydrogens (tertiary/aromatic N) is 1. The molecule has 1 aliphatic rings. The molecular formula is C15H19BrN2O2. The number of likely N-dealkylation sites (tertiary alicyclic amines) is 1. The first-order valence-electron chi connectivity index (χ1n) is 6.88. The molecule has 1 aliphatic heterocycles. The highest BCUT2D eigenvalue weighted by Gasteiger charge is 2.38. The van der Waals surface area contributed by atoms with E-state index in [1.807, 2.05) is 38.1 Å². The van der Waals surface area contributed by atoms with E-state index >= 15 is 0 Å². The minimum absolute atomic E-state index is 0.0239. The summed E-state index contributed by atoms with van der Waals surface area (Å²) in [5, 5.41) is 3.26. The van der Waals surface area contributed by atoms with Crippen LogP contribution in [0.3, 0.4) is 0 Å². The first-order valence-corrected chi connectivity index (χ1v) is 7.68. The number of halogens is 1. The maximum Gasteiger partial charge on any atom is 0.246 e. The predicted octanol–water partition coefficient (Wildman–Crippen LogP) is 2.64. The Kier molecular flexibility index (Phi) is 4.94. The highest BCUT2D eigenvalue weighted by atomic mass is 79.9. The molecule has 0 aromatic heterocycles. The second-order valence-electron chi connectivity index (χ2n) is 5.08. The third-order valence-corrected chi connectivity index (χ3v) is 3.98. The SMILES string of the molecule is CCCN1C(=O)CC(NC(C)c2cccc(Br)c2)C1=O. The van der Waals surface area contributed by atoms with E-state index in [-0.39, 0.29) is 24.3 Å². The van der Waals surface area contributed by atoms with Crippen LogP contribution in [0.2, 0.25) is 0 Å². The third-order valence-electron chi connectivity index (χ3n) is 3.49. The van der Waals surface area contributed by atoms with Gasteiger partial charge in [-0.1, -0.05) is 35.0 Å². The Hall–Kier alpha value is -1.20. The molecule has 2 rings (SSSR count). The van der Waals surface area contributed by atoms with E-state index in [0.29, 0.717) is 6.54 Å². The van der Waals surface area contributed by atoms with Crippen LogP contribution in [0, 0.1) is 0 Å². The van der Waals surface area contributed by atoms with Crippen molar-refractivity contribution in [3.05, 3.63) is 34.3 Å². The predicted molar refractivity (Wildman–Crippen MR) is 81.1 cm³/mol. The van der Waals surface area contributed by atoms with Crippen molar-refractivity contribution in [1.29, 1.82) is 0 Å². The van der Waals surface area contributed by atoms with Gasteiger partial charge in [-0.2, -0.15) is 0 Å². The molecule has 0 bridgehead atoms. The van der Waals surface area contributed by atoms with Gasteiger partial charge in [-0.3, -0.25) is 19.8 Å². The fraction of sp³-hybridized carbons (Fsp3) is 0.467. The summed E-state index contributed by atoms with van der Waals surface area (Å²) in [5.74, 6) is -0.172. The van der Waals surface area contributed by atoms with Gasteiger partial charge in [-0.15, -0.1) is 0 Å². The van der Waals surface area contributed by atoms with Crippen LogP contribution in [-0.4, -0.2) is 29.3 Å². The van der Waals surface area contributed by atoms with Crippen molar-refractivity contribution in [2.75, 3.05) is 6.54 Å². The van der Waals surface area contributed by atoms with Crippen LogP contribution in [0.5, 0.6) is 0 Å². The van der Waals surface area contributed by atoms with E-state index in [2.05, 4.69) is 21.2 Å². The van der Waals surface area contributed by atoms with Gasteiger partial charge in [0.15, 0.2) is 0 Å². The summed E-state index contributed by atoms with van der Waals surface area (Å²) in [6, 6.07) is 7.57. The molecule has 0 spiro atoms. The minimum atomic E-state index is -0.400. The average Bonchev–Trinajstić information content (AvgIpc) is 2.67. The first-order chi connectivity index (χ1) is 9.52. The van der Waals surface area contributed by atoms with Crippen molar-refractivity contribution in [3.8, 4) is 0 Å². The smallest absolute Gasteiger partial charge is 0.246 e. The van der Waals surface area contributed by atoms with E-state index in [9.17, 15) is 9.59 Å². The summed E-state index contributed by atoms with van der Waals surface area (Å²) in [6.07, 6.45) is 1.06. The zero-order valence-corrected chi connectivity index (χ0v) is 13.3. The normalized spacial score (nSPS) is 20.6. The van der Waals surface area contributed by atoms with Gasteiger partial charge in [0.05, 0.1) is 12.5 Å². The van der Waals surface area contributed by atoms with E-state index in [1.165, 1.54) is 4.90 Å². The van der Waals surface area contributed by atoms with Gasteiger partial charge in [0.1, 0.15) is 0 Å².